The van der Waals surface area contributed by atoms with Gasteiger partial charge >= 0.3 is 0 Å². The quantitative estimate of drug-likeness (QED) is 0.654. The van der Waals surface area contributed by atoms with Crippen molar-refractivity contribution >= 4 is 5.91 Å². The minimum Gasteiger partial charge on any atom is -0.373 e. The molecule has 1 unspecified atom stereocenters. The van der Waals surface area contributed by atoms with Gasteiger partial charge in [-0.3, -0.25) is 4.79 Å². The van der Waals surface area contributed by atoms with Crippen molar-refractivity contribution in [3.05, 3.63) is 11.6 Å². The first kappa shape index (κ1) is 12.2. The van der Waals surface area contributed by atoms with Crippen molar-refractivity contribution in [1.29, 1.82) is 0 Å². The molecule has 0 saturated carbocycles. The Morgan fingerprint density at radius 3 is 2.47 bits per heavy atom. The maximum atomic E-state index is 11.7. The topological polar surface area (TPSA) is 29.5 Å². The lowest BCUT2D eigenvalue weighted by Crippen LogP contribution is -2.37. The first-order valence-electron chi connectivity index (χ1n) is 5.37. The van der Waals surface area contributed by atoms with Crippen LogP contribution in [0.2, 0.25) is 0 Å². The molecule has 3 nitrogen and oxygen atoms in total. The van der Waals surface area contributed by atoms with Gasteiger partial charge in [0.2, 0.25) is 5.91 Å². The molecule has 86 valence electrons. The lowest BCUT2D eigenvalue weighted by atomic mass is 10.0. The van der Waals surface area contributed by atoms with Gasteiger partial charge in [-0.15, -0.1) is 0 Å². The summed E-state index contributed by atoms with van der Waals surface area (Å²) < 4.78 is 5.61. The average Bonchev–Trinajstić information content (AvgIpc) is 2.43. The molecule has 1 atom stereocenters. The van der Waals surface area contributed by atoms with Gasteiger partial charge in [0, 0.05) is 13.1 Å². The molecule has 0 bridgehead atoms. The highest BCUT2D eigenvalue weighted by Gasteiger charge is 2.35. The fourth-order valence-corrected chi connectivity index (χ4v) is 1.78. The molecule has 1 heterocycles. The average molecular weight is 211 g/mol. The van der Waals surface area contributed by atoms with E-state index in [4.69, 9.17) is 4.74 Å². The van der Waals surface area contributed by atoms with Crippen LogP contribution in [0.5, 0.6) is 0 Å². The molecule has 3 heteroatoms. The van der Waals surface area contributed by atoms with E-state index in [9.17, 15) is 4.79 Å². The van der Waals surface area contributed by atoms with Crippen LogP contribution in [0.1, 0.15) is 34.1 Å². The Labute approximate surface area is 92.1 Å². The monoisotopic (exact) mass is 211 g/mol. The van der Waals surface area contributed by atoms with Gasteiger partial charge < -0.3 is 9.64 Å². The number of ether oxygens (including phenoxy) is 1. The van der Waals surface area contributed by atoms with Crippen LogP contribution >= 0.6 is 0 Å². The molecule has 15 heavy (non-hydrogen) atoms. The maximum absolute atomic E-state index is 11.7. The molecule has 0 aromatic carbocycles. The van der Waals surface area contributed by atoms with E-state index in [1.807, 2.05) is 20.9 Å². The van der Waals surface area contributed by atoms with Crippen molar-refractivity contribution in [2.24, 2.45) is 0 Å². The smallest absolute Gasteiger partial charge is 0.246 e. The van der Waals surface area contributed by atoms with Crippen molar-refractivity contribution in [3.63, 3.8) is 0 Å². The Bertz CT molecular complexity index is 277. The molecule has 1 fully saturated rings. The summed E-state index contributed by atoms with van der Waals surface area (Å²) in [5, 5.41) is 0. The molecular weight excluding hydrogens is 190 g/mol. The first-order chi connectivity index (χ1) is 6.82. The largest absolute Gasteiger partial charge is 0.373 e. The third-order valence-corrected chi connectivity index (χ3v) is 2.70. The predicted octanol–water partition coefficient (Wildman–Crippen LogP) is 1.98. The summed E-state index contributed by atoms with van der Waals surface area (Å²) in [6.07, 6.45) is 2.58. The fraction of sp³-hybridized carbons (Fsp3) is 0.750. The van der Waals surface area contributed by atoms with Gasteiger partial charge in [-0.2, -0.15) is 0 Å². The van der Waals surface area contributed by atoms with Gasteiger partial charge in [-0.1, -0.05) is 5.57 Å². The SMILES string of the molecule is CC(C)=CC(=O)N(C)C1COC(C)(C)C1. The second-order valence-corrected chi connectivity index (χ2v) is 5.10. The van der Waals surface area contributed by atoms with Gasteiger partial charge in [0.15, 0.2) is 0 Å². The second kappa shape index (κ2) is 4.35. The lowest BCUT2D eigenvalue weighted by molar-refractivity contribution is -0.126. The third kappa shape index (κ3) is 3.34. The van der Waals surface area contributed by atoms with Gasteiger partial charge in [-0.25, -0.2) is 0 Å². The number of allylic oxidation sites excluding steroid dienone is 1. The van der Waals surface area contributed by atoms with Gasteiger partial charge in [0.05, 0.1) is 18.2 Å². The first-order valence-corrected chi connectivity index (χ1v) is 5.37. The summed E-state index contributed by atoms with van der Waals surface area (Å²) in [5.41, 5.74) is 0.939. The fourth-order valence-electron chi connectivity index (χ4n) is 1.78. The van der Waals surface area contributed by atoms with Gasteiger partial charge in [0.25, 0.3) is 0 Å². The van der Waals surface area contributed by atoms with E-state index < -0.39 is 0 Å². The van der Waals surface area contributed by atoms with E-state index in [1.54, 1.807) is 11.0 Å². The molecule has 1 saturated heterocycles. The number of hydrogen-bond acceptors (Lipinski definition) is 2. The molecule has 1 rings (SSSR count). The molecule has 0 spiro atoms. The molecule has 0 N–H and O–H groups in total. The standard InChI is InChI=1S/C12H21NO2/c1-9(2)6-11(14)13(5)10-7-12(3,4)15-8-10/h6,10H,7-8H2,1-5H3. The molecule has 1 amide bonds. The number of carbonyl (C=O) groups is 1. The van der Waals surface area contributed by atoms with Crippen LogP contribution in [0.4, 0.5) is 0 Å². The number of carbonyl (C=O) groups excluding carboxylic acids is 1. The van der Waals surface area contributed by atoms with Crippen LogP contribution in [0.15, 0.2) is 11.6 Å². The van der Waals surface area contributed by atoms with E-state index in [0.717, 1.165) is 12.0 Å². The lowest BCUT2D eigenvalue weighted by Gasteiger charge is -2.23. The van der Waals surface area contributed by atoms with Gasteiger partial charge in [-0.05, 0) is 34.1 Å². The Morgan fingerprint density at radius 1 is 1.47 bits per heavy atom. The van der Waals surface area contributed by atoms with Crippen molar-refractivity contribution in [2.45, 2.75) is 45.8 Å². The van der Waals surface area contributed by atoms with Crippen molar-refractivity contribution in [1.82, 2.24) is 4.90 Å². The number of amides is 1. The highest BCUT2D eigenvalue weighted by Crippen LogP contribution is 2.27. The number of likely N-dealkylation sites (N-methyl/N-ethyl adjacent to an activating group) is 1. The van der Waals surface area contributed by atoms with Crippen LogP contribution in [-0.4, -0.2) is 36.1 Å². The van der Waals surface area contributed by atoms with Crippen molar-refractivity contribution in [2.75, 3.05) is 13.7 Å². The third-order valence-electron chi connectivity index (χ3n) is 2.70. The van der Waals surface area contributed by atoms with Gasteiger partial charge in [0.1, 0.15) is 0 Å². The number of nitrogens with zero attached hydrogens (tertiary/aromatic N) is 1. The molecule has 0 aliphatic carbocycles. The highest BCUT2D eigenvalue weighted by molar-refractivity contribution is 5.88. The summed E-state index contributed by atoms with van der Waals surface area (Å²) in [4.78, 5) is 13.5. The Kier molecular flexibility index (Phi) is 3.55. The minimum atomic E-state index is -0.0931. The zero-order valence-corrected chi connectivity index (χ0v) is 10.3. The Morgan fingerprint density at radius 2 is 2.07 bits per heavy atom. The van der Waals surface area contributed by atoms with Crippen LogP contribution in [0, 0.1) is 0 Å². The van der Waals surface area contributed by atoms with E-state index in [-0.39, 0.29) is 17.6 Å². The molecule has 1 aliphatic rings. The number of rotatable bonds is 2. The number of hydrogen-bond donors (Lipinski definition) is 0. The maximum Gasteiger partial charge on any atom is 0.246 e. The molecule has 1 aliphatic heterocycles. The molecular formula is C12H21NO2. The normalized spacial score (nSPS) is 23.7. The summed E-state index contributed by atoms with van der Waals surface area (Å²) in [7, 11) is 1.84. The Hall–Kier alpha value is -0.830. The van der Waals surface area contributed by atoms with E-state index in [1.165, 1.54) is 0 Å². The predicted molar refractivity (Wildman–Crippen MR) is 60.6 cm³/mol. The summed E-state index contributed by atoms with van der Waals surface area (Å²) in [6, 6.07) is 0.211. The minimum absolute atomic E-state index is 0.0706. The molecule has 0 radical (unpaired) electrons. The molecule has 0 aromatic rings. The van der Waals surface area contributed by atoms with Crippen LogP contribution in [-0.2, 0) is 9.53 Å². The zero-order valence-electron chi connectivity index (χ0n) is 10.3. The van der Waals surface area contributed by atoms with Crippen LogP contribution in [0.25, 0.3) is 0 Å². The van der Waals surface area contributed by atoms with Crippen molar-refractivity contribution < 1.29 is 9.53 Å². The summed E-state index contributed by atoms with van der Waals surface area (Å²) in [6.45, 7) is 8.63. The molecule has 0 aromatic heterocycles. The van der Waals surface area contributed by atoms with Crippen LogP contribution < -0.4 is 0 Å². The van der Waals surface area contributed by atoms with E-state index in [0.29, 0.717) is 6.61 Å². The van der Waals surface area contributed by atoms with E-state index in [2.05, 4.69) is 13.8 Å². The van der Waals surface area contributed by atoms with Crippen molar-refractivity contribution in [3.8, 4) is 0 Å². The van der Waals surface area contributed by atoms with Crippen LogP contribution in [0.3, 0.4) is 0 Å². The second-order valence-electron chi connectivity index (χ2n) is 5.10. The Balaban J connectivity index is 2.59. The highest BCUT2D eigenvalue weighted by atomic mass is 16.5. The summed E-state index contributed by atoms with van der Waals surface area (Å²) in [5.74, 6) is 0.0706. The zero-order chi connectivity index (χ0) is 11.6. The van der Waals surface area contributed by atoms with E-state index >= 15 is 0 Å². The summed E-state index contributed by atoms with van der Waals surface area (Å²) >= 11 is 0.